The summed E-state index contributed by atoms with van der Waals surface area (Å²) in [5.41, 5.74) is 2.06. The van der Waals surface area contributed by atoms with Crippen molar-refractivity contribution >= 4 is 17.5 Å². The van der Waals surface area contributed by atoms with Crippen molar-refractivity contribution < 1.29 is 33.6 Å². The Morgan fingerprint density at radius 2 is 1.81 bits per heavy atom. The molecule has 2 fully saturated rings. The molecule has 0 saturated carbocycles. The minimum Gasteiger partial charge on any atom is -0.487 e. The van der Waals surface area contributed by atoms with Crippen molar-refractivity contribution in [1.82, 2.24) is 9.80 Å². The lowest BCUT2D eigenvalue weighted by Crippen LogP contribution is -2.50. The molecule has 2 saturated heterocycles. The molecule has 10 nitrogen and oxygen atoms in total. The Morgan fingerprint density at radius 1 is 1.03 bits per heavy atom. The van der Waals surface area contributed by atoms with E-state index >= 15 is 0 Å². The molecule has 4 heterocycles. The van der Waals surface area contributed by atoms with E-state index in [0.717, 1.165) is 31.7 Å². The lowest BCUT2D eigenvalue weighted by molar-refractivity contribution is -0.150. The average Bonchev–Trinajstić information content (AvgIpc) is 3.52. The van der Waals surface area contributed by atoms with Gasteiger partial charge in [0.15, 0.2) is 11.5 Å². The van der Waals surface area contributed by atoms with Crippen LogP contribution in [0.3, 0.4) is 0 Å². The quantitative estimate of drug-likeness (QED) is 0.629. The summed E-state index contributed by atoms with van der Waals surface area (Å²) in [6.07, 6.45) is -0.295. The number of carbonyl (C=O) groups is 2. The highest BCUT2D eigenvalue weighted by atomic mass is 16.7. The van der Waals surface area contributed by atoms with Crippen LogP contribution in [0.5, 0.6) is 17.2 Å². The maximum atomic E-state index is 13.0. The lowest BCUT2D eigenvalue weighted by Gasteiger charge is -2.38. The first kappa shape index (κ1) is 24.0. The van der Waals surface area contributed by atoms with Gasteiger partial charge in [0.2, 0.25) is 12.7 Å². The molecule has 0 bridgehead atoms. The van der Waals surface area contributed by atoms with Crippen LogP contribution in [-0.2, 0) is 9.53 Å². The van der Waals surface area contributed by atoms with Gasteiger partial charge in [0.25, 0.3) is 5.91 Å². The van der Waals surface area contributed by atoms with E-state index in [-0.39, 0.29) is 49.8 Å². The number of aliphatic hydroxyl groups is 1. The molecule has 0 aliphatic carbocycles. The minimum atomic E-state index is -0.525. The Kier molecular flexibility index (Phi) is 6.39. The fourth-order valence-electron chi connectivity index (χ4n) is 5.59. The number of carbonyl (C=O) groups excluding carboxylic acids is 2. The van der Waals surface area contributed by atoms with Gasteiger partial charge in [-0.1, -0.05) is 0 Å². The van der Waals surface area contributed by atoms with E-state index in [0.29, 0.717) is 34.9 Å². The zero-order valence-electron chi connectivity index (χ0n) is 20.7. The van der Waals surface area contributed by atoms with Gasteiger partial charge in [0, 0.05) is 48.9 Å². The maximum Gasteiger partial charge on any atom is 0.255 e. The monoisotopic (exact) mass is 509 g/mol. The number of rotatable bonds is 5. The Labute approximate surface area is 215 Å². The predicted molar refractivity (Wildman–Crippen MR) is 133 cm³/mol. The maximum absolute atomic E-state index is 13.0. The molecule has 2 amide bonds. The molecule has 2 N–H and O–H groups in total. The number of amides is 2. The van der Waals surface area contributed by atoms with Gasteiger partial charge in [-0.2, -0.15) is 0 Å². The molecule has 4 aliphatic rings. The zero-order chi connectivity index (χ0) is 25.5. The smallest absolute Gasteiger partial charge is 0.255 e. The van der Waals surface area contributed by atoms with Gasteiger partial charge in [0.1, 0.15) is 18.0 Å². The largest absolute Gasteiger partial charge is 0.487 e. The molecule has 4 atom stereocenters. The third-order valence-corrected chi connectivity index (χ3v) is 7.65. The first-order valence-corrected chi connectivity index (χ1v) is 12.7. The molecule has 37 heavy (non-hydrogen) atoms. The van der Waals surface area contributed by atoms with Gasteiger partial charge in [-0.25, -0.2) is 0 Å². The molecule has 6 rings (SSSR count). The van der Waals surface area contributed by atoms with Crippen LogP contribution in [-0.4, -0.2) is 91.7 Å². The summed E-state index contributed by atoms with van der Waals surface area (Å²) in [5, 5.41) is 13.0. The van der Waals surface area contributed by atoms with Gasteiger partial charge < -0.3 is 39.2 Å². The highest BCUT2D eigenvalue weighted by molar-refractivity contribution is 6.04. The molecule has 0 unspecified atom stereocenters. The fourth-order valence-corrected chi connectivity index (χ4v) is 5.59. The lowest BCUT2D eigenvalue weighted by atomic mass is 9.84. The van der Waals surface area contributed by atoms with Crippen LogP contribution < -0.4 is 19.5 Å². The van der Waals surface area contributed by atoms with Gasteiger partial charge >= 0.3 is 0 Å². The summed E-state index contributed by atoms with van der Waals surface area (Å²) in [5.74, 6) is 1.66. The van der Waals surface area contributed by atoms with Crippen LogP contribution in [0.2, 0.25) is 0 Å². The number of piperazine rings is 1. The number of nitrogens with zero attached hydrogens (tertiary/aromatic N) is 2. The predicted octanol–water partition coefficient (Wildman–Crippen LogP) is 1.83. The number of anilines is 1. The molecular formula is C27H31N3O7. The summed E-state index contributed by atoms with van der Waals surface area (Å²) in [7, 11) is 2.06. The van der Waals surface area contributed by atoms with E-state index < -0.39 is 6.10 Å². The van der Waals surface area contributed by atoms with E-state index in [2.05, 4.69) is 17.3 Å². The minimum absolute atomic E-state index is 0.0476. The average molecular weight is 510 g/mol. The zero-order valence-corrected chi connectivity index (χ0v) is 20.7. The van der Waals surface area contributed by atoms with Gasteiger partial charge in [0.05, 0.1) is 19.1 Å². The summed E-state index contributed by atoms with van der Waals surface area (Å²) < 4.78 is 23.0. The van der Waals surface area contributed by atoms with E-state index in [1.165, 1.54) is 0 Å². The van der Waals surface area contributed by atoms with E-state index in [4.69, 9.17) is 18.9 Å². The Morgan fingerprint density at radius 3 is 2.62 bits per heavy atom. The van der Waals surface area contributed by atoms with Crippen molar-refractivity contribution in [1.29, 1.82) is 0 Å². The molecule has 196 valence electrons. The molecule has 4 aliphatic heterocycles. The normalized spacial score (nSPS) is 26.3. The van der Waals surface area contributed by atoms with Crippen molar-refractivity contribution in [3.63, 3.8) is 0 Å². The van der Waals surface area contributed by atoms with Gasteiger partial charge in [-0.05, 0) is 49.9 Å². The standard InChI is InChI=1S/C27H31N3O7/c1-29-6-8-30(9-7-29)25(32)13-18-12-20-19-11-17(3-5-21(19)37-26(20)24(14-31)36-18)28-27(33)16-2-4-22-23(10-16)35-15-34-22/h2-5,10-11,18,20,24,26,31H,6-9,12-15H2,1H3,(H,28,33)/t18-,20-,24+,26+/m0/s1. The molecule has 2 aromatic carbocycles. The molecule has 0 spiro atoms. The number of fused-ring (bicyclic) bond motifs is 4. The number of likely N-dealkylation sites (N-methyl/N-ethyl adjacent to an activating group) is 1. The third kappa shape index (κ3) is 4.72. The van der Waals surface area contributed by atoms with Gasteiger partial charge in [-0.15, -0.1) is 0 Å². The molecule has 0 radical (unpaired) electrons. The van der Waals surface area contributed by atoms with Crippen molar-refractivity contribution in [3.05, 3.63) is 47.5 Å². The van der Waals surface area contributed by atoms with E-state index in [9.17, 15) is 14.7 Å². The molecule has 2 aromatic rings. The Bertz CT molecular complexity index is 1200. The van der Waals surface area contributed by atoms with Gasteiger partial charge in [-0.3, -0.25) is 9.59 Å². The van der Waals surface area contributed by atoms with Crippen LogP contribution in [0.1, 0.15) is 34.7 Å². The van der Waals surface area contributed by atoms with Crippen molar-refractivity contribution in [2.24, 2.45) is 0 Å². The fraction of sp³-hybridized carbons (Fsp3) is 0.481. The van der Waals surface area contributed by atoms with E-state index in [1.54, 1.807) is 24.3 Å². The van der Waals surface area contributed by atoms with Crippen LogP contribution in [0, 0.1) is 0 Å². The second kappa shape index (κ2) is 9.85. The highest BCUT2D eigenvalue weighted by Crippen LogP contribution is 2.47. The molecular weight excluding hydrogens is 478 g/mol. The van der Waals surface area contributed by atoms with Crippen molar-refractivity contribution in [2.45, 2.75) is 37.1 Å². The van der Waals surface area contributed by atoms with Crippen LogP contribution in [0.15, 0.2) is 36.4 Å². The molecule has 0 aromatic heterocycles. The van der Waals surface area contributed by atoms with Crippen LogP contribution >= 0.6 is 0 Å². The highest BCUT2D eigenvalue weighted by Gasteiger charge is 2.46. The number of hydrogen-bond acceptors (Lipinski definition) is 8. The van der Waals surface area contributed by atoms with Crippen molar-refractivity contribution in [2.75, 3.05) is 51.9 Å². The number of aliphatic hydroxyl groups excluding tert-OH is 1. The summed E-state index contributed by atoms with van der Waals surface area (Å²) >= 11 is 0. The Balaban J connectivity index is 1.16. The first-order chi connectivity index (χ1) is 18.0. The second-order valence-corrected chi connectivity index (χ2v) is 10.1. The summed E-state index contributed by atoms with van der Waals surface area (Å²) in [4.78, 5) is 30.0. The molecule has 10 heteroatoms. The van der Waals surface area contributed by atoms with Crippen LogP contribution in [0.25, 0.3) is 0 Å². The van der Waals surface area contributed by atoms with Crippen molar-refractivity contribution in [3.8, 4) is 17.2 Å². The topological polar surface area (TPSA) is 110 Å². The van der Waals surface area contributed by atoms with Crippen LogP contribution in [0.4, 0.5) is 5.69 Å². The number of nitrogens with one attached hydrogen (secondary N) is 1. The van der Waals surface area contributed by atoms with E-state index in [1.807, 2.05) is 17.0 Å². The second-order valence-electron chi connectivity index (χ2n) is 10.1. The third-order valence-electron chi connectivity index (χ3n) is 7.65. The SMILES string of the molecule is CN1CCN(C(=O)C[C@@H]2C[C@H]3c4cc(NC(=O)c5ccc6c(c5)OCO6)ccc4O[C@H]3[C@@H](CO)O2)CC1. The summed E-state index contributed by atoms with van der Waals surface area (Å²) in [6, 6.07) is 10.6. The first-order valence-electron chi connectivity index (χ1n) is 12.7. The summed E-state index contributed by atoms with van der Waals surface area (Å²) in [6.45, 7) is 3.12. The number of hydrogen-bond donors (Lipinski definition) is 2. The number of ether oxygens (including phenoxy) is 4. The Hall–Kier alpha value is -3.34. The number of benzene rings is 2.